The summed E-state index contributed by atoms with van der Waals surface area (Å²) >= 11 is 1.49. The fourth-order valence-corrected chi connectivity index (χ4v) is 4.84. The summed E-state index contributed by atoms with van der Waals surface area (Å²) in [5.74, 6) is 2.92. The Bertz CT molecular complexity index is 921. The van der Waals surface area contributed by atoms with Crippen molar-refractivity contribution in [1.29, 1.82) is 0 Å². The second kappa shape index (κ2) is 11.5. The number of rotatable bonds is 10. The predicted octanol–water partition coefficient (Wildman–Crippen LogP) is 5.05. The molecule has 2 aromatic heterocycles. The third-order valence-corrected chi connectivity index (χ3v) is 6.27. The van der Waals surface area contributed by atoms with E-state index in [0.29, 0.717) is 0 Å². The molecule has 190 valence electrons. The number of anilines is 3. The SMILES string of the molecule is CC(C)Nc1[n+](C(C)C)c(NC(C)C)[n+](C(C)C)c(N(C(=O)c2cccs2)C(C)C)[n+]1C(C)C. The van der Waals surface area contributed by atoms with Crippen molar-refractivity contribution in [1.82, 2.24) is 0 Å². The van der Waals surface area contributed by atoms with Gasteiger partial charge < -0.3 is 0 Å². The van der Waals surface area contributed by atoms with E-state index in [9.17, 15) is 4.79 Å². The maximum atomic E-state index is 13.9. The van der Waals surface area contributed by atoms with E-state index in [1.54, 1.807) is 0 Å². The molecule has 2 heterocycles. The molecule has 2 aromatic rings. The van der Waals surface area contributed by atoms with Crippen molar-refractivity contribution >= 4 is 35.1 Å². The Morgan fingerprint density at radius 1 is 0.765 bits per heavy atom. The molecule has 0 atom stereocenters. The van der Waals surface area contributed by atoms with Gasteiger partial charge in [-0.25, -0.2) is 15.5 Å². The van der Waals surface area contributed by atoms with E-state index in [2.05, 4.69) is 107 Å². The number of carbonyl (C=O) groups excluding carboxylic acids is 1. The summed E-state index contributed by atoms with van der Waals surface area (Å²) < 4.78 is 6.95. The van der Waals surface area contributed by atoms with Crippen molar-refractivity contribution in [3.05, 3.63) is 22.4 Å². The second-order valence-corrected chi connectivity index (χ2v) is 11.6. The molecule has 8 heteroatoms. The number of amides is 1. The summed E-state index contributed by atoms with van der Waals surface area (Å²) in [7, 11) is 0. The van der Waals surface area contributed by atoms with Crippen LogP contribution in [0.3, 0.4) is 0 Å². The standard InChI is InChI=1S/C26H45N6OS/c1-16(2)27-24-30(19(7)8)25(28-17(3)4)32(21(11)12)26(31(24)20(9)10)29(18(5)6)23(33)22-14-13-15-34-22/h13-21H,1-12H3/q+1/p+2. The molecule has 0 spiro atoms. The lowest BCUT2D eigenvalue weighted by molar-refractivity contribution is -0.911. The van der Waals surface area contributed by atoms with Crippen molar-refractivity contribution in [2.24, 2.45) is 0 Å². The summed E-state index contributed by atoms with van der Waals surface area (Å²) in [4.78, 5) is 16.7. The zero-order valence-electron chi connectivity index (χ0n) is 23.3. The third kappa shape index (κ3) is 5.88. The lowest BCUT2D eigenvalue weighted by atomic mass is 10.2. The van der Waals surface area contributed by atoms with Crippen LogP contribution in [-0.4, -0.2) is 24.0 Å². The Labute approximate surface area is 210 Å². The number of thiophene rings is 1. The molecule has 0 fully saturated rings. The summed E-state index contributed by atoms with van der Waals surface area (Å²) in [6.07, 6.45) is 0. The van der Waals surface area contributed by atoms with Gasteiger partial charge in [0.1, 0.15) is 30.2 Å². The summed E-state index contributed by atoms with van der Waals surface area (Å²) in [6, 6.07) is 4.73. The van der Waals surface area contributed by atoms with E-state index in [1.807, 2.05) is 22.4 Å². The molecule has 1 amide bonds. The molecule has 0 unspecified atom stereocenters. The maximum Gasteiger partial charge on any atom is 0.505 e. The number of nitrogens with one attached hydrogen (secondary N) is 2. The highest BCUT2D eigenvalue weighted by Gasteiger charge is 2.47. The Morgan fingerprint density at radius 2 is 1.21 bits per heavy atom. The van der Waals surface area contributed by atoms with Crippen LogP contribution in [0.4, 0.5) is 17.8 Å². The lowest BCUT2D eigenvalue weighted by Gasteiger charge is -2.28. The quantitative estimate of drug-likeness (QED) is 0.457. The number of hydrogen-bond acceptors (Lipinski definition) is 4. The molecule has 0 saturated heterocycles. The molecular formula is C26H47N6OS+3. The summed E-state index contributed by atoms with van der Waals surface area (Å²) in [5, 5.41) is 9.43. The number of aromatic nitrogens is 3. The Hall–Kier alpha value is -2.22. The van der Waals surface area contributed by atoms with Crippen molar-refractivity contribution in [3.63, 3.8) is 0 Å². The van der Waals surface area contributed by atoms with Gasteiger partial charge in [-0.15, -0.1) is 20.5 Å². The van der Waals surface area contributed by atoms with Crippen molar-refractivity contribution in [2.75, 3.05) is 15.5 Å². The lowest BCUT2D eigenvalue weighted by Crippen LogP contribution is -2.69. The Morgan fingerprint density at radius 3 is 1.50 bits per heavy atom. The first-order valence-electron chi connectivity index (χ1n) is 12.7. The zero-order valence-corrected chi connectivity index (χ0v) is 24.1. The monoisotopic (exact) mass is 491 g/mol. The molecule has 0 radical (unpaired) electrons. The van der Waals surface area contributed by atoms with Crippen molar-refractivity contribution in [3.8, 4) is 0 Å². The van der Waals surface area contributed by atoms with Crippen LogP contribution in [0, 0.1) is 0 Å². The van der Waals surface area contributed by atoms with Crippen LogP contribution in [0.2, 0.25) is 0 Å². The molecule has 0 aliphatic rings. The Balaban J connectivity index is 3.14. The molecule has 0 aliphatic heterocycles. The van der Waals surface area contributed by atoms with Gasteiger partial charge >= 0.3 is 17.8 Å². The first kappa shape index (κ1) is 28.0. The molecule has 2 rings (SSSR count). The first-order chi connectivity index (χ1) is 15.8. The van der Waals surface area contributed by atoms with Crippen LogP contribution in [0.15, 0.2) is 17.5 Å². The van der Waals surface area contributed by atoms with E-state index in [0.717, 1.165) is 22.7 Å². The summed E-state index contributed by atoms with van der Waals surface area (Å²) in [5.41, 5.74) is 0. The highest BCUT2D eigenvalue weighted by atomic mass is 32.1. The molecule has 7 nitrogen and oxygen atoms in total. The fraction of sp³-hybridized carbons (Fsp3) is 0.692. The molecule has 0 aromatic carbocycles. The van der Waals surface area contributed by atoms with E-state index in [-0.39, 0.29) is 42.2 Å². The van der Waals surface area contributed by atoms with E-state index >= 15 is 0 Å². The molecule has 0 bridgehead atoms. The Kier molecular flexibility index (Phi) is 9.45. The van der Waals surface area contributed by atoms with Crippen LogP contribution in [0.1, 0.15) is 111 Å². The molecule has 34 heavy (non-hydrogen) atoms. The highest BCUT2D eigenvalue weighted by Crippen LogP contribution is 2.23. The highest BCUT2D eigenvalue weighted by molar-refractivity contribution is 7.12. The van der Waals surface area contributed by atoms with Crippen LogP contribution in [0.5, 0.6) is 0 Å². The van der Waals surface area contributed by atoms with Gasteiger partial charge in [-0.1, -0.05) is 10.6 Å². The van der Waals surface area contributed by atoms with Gasteiger partial charge in [-0.3, -0.25) is 4.79 Å². The zero-order chi connectivity index (χ0) is 25.9. The van der Waals surface area contributed by atoms with Crippen molar-refractivity contribution in [2.45, 2.75) is 119 Å². The van der Waals surface area contributed by atoms with Gasteiger partial charge in [0.05, 0.1) is 4.88 Å². The predicted molar refractivity (Wildman–Crippen MR) is 142 cm³/mol. The third-order valence-electron chi connectivity index (χ3n) is 5.41. The van der Waals surface area contributed by atoms with Crippen LogP contribution >= 0.6 is 11.3 Å². The van der Waals surface area contributed by atoms with Gasteiger partial charge in [-0.2, -0.15) is 0 Å². The minimum atomic E-state index is -0.0294. The topological polar surface area (TPSA) is 56.0 Å². The maximum absolute atomic E-state index is 13.9. The molecule has 0 saturated carbocycles. The molecule has 2 N–H and O–H groups in total. The van der Waals surface area contributed by atoms with Crippen LogP contribution in [-0.2, 0) is 0 Å². The average Bonchev–Trinajstić information content (AvgIpc) is 3.20. The normalized spacial score (nSPS) is 12.1. The molecular weight excluding hydrogens is 444 g/mol. The van der Waals surface area contributed by atoms with Gasteiger partial charge in [-0.05, 0) is 94.5 Å². The fourth-order valence-electron chi connectivity index (χ4n) is 4.18. The van der Waals surface area contributed by atoms with E-state index in [4.69, 9.17) is 0 Å². The largest absolute Gasteiger partial charge is 0.505 e. The van der Waals surface area contributed by atoms with E-state index < -0.39 is 0 Å². The minimum Gasteiger partial charge on any atom is -0.267 e. The number of hydrogen-bond donors (Lipinski definition) is 2. The number of carbonyl (C=O) groups is 1. The van der Waals surface area contributed by atoms with Gasteiger partial charge in [0, 0.05) is 6.04 Å². The average molecular weight is 492 g/mol. The van der Waals surface area contributed by atoms with Crippen LogP contribution in [0.25, 0.3) is 0 Å². The van der Waals surface area contributed by atoms with E-state index in [1.165, 1.54) is 11.3 Å². The summed E-state index contributed by atoms with van der Waals surface area (Å²) in [6.45, 7) is 26.0. The van der Waals surface area contributed by atoms with Crippen LogP contribution < -0.4 is 29.2 Å². The van der Waals surface area contributed by atoms with Gasteiger partial charge in [0.15, 0.2) is 0 Å². The van der Waals surface area contributed by atoms with Gasteiger partial charge in [0.25, 0.3) is 5.91 Å². The van der Waals surface area contributed by atoms with Gasteiger partial charge in [0.2, 0.25) is 0 Å². The first-order valence-corrected chi connectivity index (χ1v) is 13.6. The number of nitrogens with zero attached hydrogens (tertiary/aromatic N) is 4. The molecule has 0 aliphatic carbocycles. The second-order valence-electron chi connectivity index (χ2n) is 10.7. The van der Waals surface area contributed by atoms with Crippen molar-refractivity contribution < 1.29 is 18.5 Å². The minimum absolute atomic E-state index is 0.0294. The smallest absolute Gasteiger partial charge is 0.267 e.